The number of esters is 1. The largest absolute Gasteiger partial charge is 0.464 e. The first-order valence-electron chi connectivity index (χ1n) is 16.8. The lowest BCUT2D eigenvalue weighted by Crippen LogP contribution is -2.77. The molecular weight excluding hydrogens is 682 g/mol. The molecule has 2 rings (SSSR count). The Labute approximate surface area is 295 Å². The molecule has 20 heteroatoms. The number of primary amides is 1. The van der Waals surface area contributed by atoms with Gasteiger partial charge in [0.2, 0.25) is 23.6 Å². The maximum absolute atomic E-state index is 14.5. The topological polar surface area (TPSA) is 323 Å². The van der Waals surface area contributed by atoms with E-state index in [9.17, 15) is 54.6 Å². The minimum absolute atomic E-state index is 0.181. The molecule has 0 aliphatic carbocycles. The van der Waals surface area contributed by atoms with Gasteiger partial charge in [-0.25, -0.2) is 4.79 Å². The van der Waals surface area contributed by atoms with Gasteiger partial charge in [0.15, 0.2) is 11.8 Å². The molecule has 2 unspecified atom stereocenters. The van der Waals surface area contributed by atoms with Crippen LogP contribution in [0.5, 0.6) is 0 Å². The first-order chi connectivity index (χ1) is 23.9. The van der Waals surface area contributed by atoms with Gasteiger partial charge in [0.1, 0.15) is 48.8 Å². The molecule has 20 nitrogen and oxygen atoms in total. The third-order valence-electron chi connectivity index (χ3n) is 8.81. The highest BCUT2D eigenvalue weighted by Gasteiger charge is 2.62. The fourth-order valence-electron chi connectivity index (χ4n) is 6.33. The summed E-state index contributed by atoms with van der Waals surface area (Å²) in [7, 11) is 0. The molecular formula is C31H55N5O15. The van der Waals surface area contributed by atoms with Crippen molar-refractivity contribution in [1.29, 1.82) is 0 Å². The average Bonchev–Trinajstić information content (AvgIpc) is 3.05. The Hall–Kier alpha value is -3.05. The first kappa shape index (κ1) is 44.1. The van der Waals surface area contributed by atoms with E-state index in [0.717, 1.165) is 18.7 Å². The molecule has 2 aliphatic rings. The fraction of sp³-hybridized carbons (Fsp3) is 0.839. The van der Waals surface area contributed by atoms with Gasteiger partial charge in [-0.2, -0.15) is 0 Å². The van der Waals surface area contributed by atoms with E-state index in [-0.39, 0.29) is 6.61 Å². The summed E-state index contributed by atoms with van der Waals surface area (Å²) in [5.74, 6) is -4.44. The number of unbranched alkanes of at least 4 members (excludes halogenated alkanes) is 1. The highest BCUT2D eigenvalue weighted by atomic mass is 16.6. The van der Waals surface area contributed by atoms with Gasteiger partial charge >= 0.3 is 5.97 Å². The third-order valence-corrected chi connectivity index (χ3v) is 8.81. The Balaban J connectivity index is 2.85. The second-order valence-electron chi connectivity index (χ2n) is 13.0. The van der Waals surface area contributed by atoms with Gasteiger partial charge in [-0.1, -0.05) is 13.3 Å². The smallest absolute Gasteiger partial charge is 0.334 e. The molecule has 0 bridgehead atoms. The predicted molar refractivity (Wildman–Crippen MR) is 174 cm³/mol. The quantitative estimate of drug-likeness (QED) is 0.0464. The first-order valence-corrected chi connectivity index (χ1v) is 16.8. The maximum atomic E-state index is 14.5. The molecule has 4 amide bonds. The number of nitrogens with zero attached hydrogens (tertiary/aromatic N) is 1. The van der Waals surface area contributed by atoms with Gasteiger partial charge in [-0.15, -0.1) is 0 Å². The number of amides is 4. The number of ether oxygens (including phenoxy) is 4. The fourth-order valence-corrected chi connectivity index (χ4v) is 6.33. The van der Waals surface area contributed by atoms with Gasteiger partial charge in [0.25, 0.3) is 0 Å². The van der Waals surface area contributed by atoms with Crippen molar-refractivity contribution in [3.05, 3.63) is 0 Å². The molecule has 51 heavy (non-hydrogen) atoms. The van der Waals surface area contributed by atoms with Crippen LogP contribution in [-0.4, -0.2) is 170 Å². The van der Waals surface area contributed by atoms with Crippen LogP contribution in [0.1, 0.15) is 60.3 Å². The molecule has 0 radical (unpaired) electrons. The van der Waals surface area contributed by atoms with Crippen LogP contribution < -0.4 is 22.1 Å². The van der Waals surface area contributed by atoms with E-state index in [0.29, 0.717) is 12.8 Å². The number of carbonyl (C=O) groups is 5. The van der Waals surface area contributed by atoms with Crippen LogP contribution in [0.3, 0.4) is 0 Å². The van der Waals surface area contributed by atoms with E-state index in [4.69, 9.17) is 30.4 Å². The highest BCUT2D eigenvalue weighted by Crippen LogP contribution is 2.38. The van der Waals surface area contributed by atoms with Gasteiger partial charge in [0, 0.05) is 26.8 Å². The van der Waals surface area contributed by atoms with Gasteiger partial charge in [-0.3, -0.25) is 19.2 Å². The number of hydrogen-bond donors (Lipinski definition) is 10. The molecule has 2 saturated heterocycles. The lowest BCUT2D eigenvalue weighted by atomic mass is 9.76. The van der Waals surface area contributed by atoms with E-state index >= 15 is 0 Å². The standard InChI is InChI=1S/C31H55N5O15/c1-6-7-10-48-30(47)31(9-8-20(33)41,27-21(34-16(4)39)25(44)23(42)18(12-37)50-27)36(28(45)15(3)32)11-14(2)49-26-22(35-17(5)40)29(46)51-19(13-38)24(26)43/h14-15,18-19,21-27,29,37-38,42-44,46H,6-13,32H2,1-5H3,(H2,33,41)(H,34,39)(H,35,40)/t14?,15-,18+,19+,21+,22+,23+,24+,25+,26+,27?,29-,31-/m0/s1. The number of nitrogens with one attached hydrogen (secondary N) is 2. The van der Waals surface area contributed by atoms with Crippen LogP contribution >= 0.6 is 0 Å². The van der Waals surface area contributed by atoms with E-state index < -0.39 is 141 Å². The summed E-state index contributed by atoms with van der Waals surface area (Å²) in [6.07, 6.45) is -14.8. The summed E-state index contributed by atoms with van der Waals surface area (Å²) in [4.78, 5) is 66.4. The normalized spacial score (nSPS) is 31.8. The molecule has 2 aliphatic heterocycles. The zero-order valence-electron chi connectivity index (χ0n) is 29.5. The van der Waals surface area contributed by atoms with Crippen LogP contribution in [0.4, 0.5) is 0 Å². The number of nitrogens with two attached hydrogens (primary N) is 2. The molecule has 0 aromatic rings. The minimum Gasteiger partial charge on any atom is -0.464 e. The molecule has 0 spiro atoms. The molecule has 2 fully saturated rings. The number of carbonyl (C=O) groups excluding carboxylic acids is 5. The van der Waals surface area contributed by atoms with Gasteiger partial charge < -0.3 is 76.6 Å². The summed E-state index contributed by atoms with van der Waals surface area (Å²) < 4.78 is 23.0. The van der Waals surface area contributed by atoms with Gasteiger partial charge in [-0.05, 0) is 26.7 Å². The second kappa shape index (κ2) is 19.7. The Morgan fingerprint density at radius 2 is 1.47 bits per heavy atom. The molecule has 13 atom stereocenters. The van der Waals surface area contributed by atoms with Crippen LogP contribution in [0.2, 0.25) is 0 Å². The van der Waals surface area contributed by atoms with Crippen LogP contribution in [-0.2, 0) is 42.9 Å². The van der Waals surface area contributed by atoms with E-state index in [2.05, 4.69) is 10.6 Å². The Kier molecular flexibility index (Phi) is 17.0. The van der Waals surface area contributed by atoms with Crippen LogP contribution in [0, 0.1) is 0 Å². The number of hydrogen-bond acceptors (Lipinski definition) is 16. The van der Waals surface area contributed by atoms with Gasteiger partial charge in [0.05, 0.1) is 38.0 Å². The SMILES string of the molecule is CCCCOC(=O)[C@](CCC(N)=O)(C1O[C@H](CO)[C@@H](O)[C@H](O)[C@H]1NC(C)=O)N(CC(C)O[C@H]1[C@H](O)[C@@H](CO)O[C@H](O)[C@@H]1NC(C)=O)C(=O)[C@H](C)N. The van der Waals surface area contributed by atoms with Crippen molar-refractivity contribution >= 4 is 29.6 Å². The summed E-state index contributed by atoms with van der Waals surface area (Å²) in [6.45, 7) is 4.29. The molecule has 294 valence electrons. The van der Waals surface area contributed by atoms with Crippen molar-refractivity contribution in [2.24, 2.45) is 11.5 Å². The Morgan fingerprint density at radius 1 is 0.902 bits per heavy atom. The second-order valence-corrected chi connectivity index (χ2v) is 13.0. The zero-order chi connectivity index (χ0) is 38.8. The zero-order valence-corrected chi connectivity index (χ0v) is 29.5. The maximum Gasteiger partial charge on any atom is 0.334 e. The molecule has 0 saturated carbocycles. The van der Waals surface area contributed by atoms with Crippen molar-refractivity contribution in [3.63, 3.8) is 0 Å². The van der Waals surface area contributed by atoms with Crippen molar-refractivity contribution in [1.82, 2.24) is 15.5 Å². The number of aliphatic hydroxyl groups excluding tert-OH is 6. The molecule has 0 aromatic heterocycles. The van der Waals surface area contributed by atoms with E-state index in [1.165, 1.54) is 13.8 Å². The minimum atomic E-state index is -2.48. The molecule has 2 heterocycles. The van der Waals surface area contributed by atoms with E-state index in [1.807, 2.05) is 6.92 Å². The number of aliphatic hydroxyl groups is 6. The summed E-state index contributed by atoms with van der Waals surface area (Å²) in [5.41, 5.74) is 9.15. The third kappa shape index (κ3) is 10.7. The monoisotopic (exact) mass is 737 g/mol. The van der Waals surface area contributed by atoms with Crippen LogP contribution in [0.25, 0.3) is 0 Å². The lowest BCUT2D eigenvalue weighted by Gasteiger charge is -2.54. The summed E-state index contributed by atoms with van der Waals surface area (Å²) in [5, 5.41) is 68.4. The van der Waals surface area contributed by atoms with Crippen molar-refractivity contribution in [2.75, 3.05) is 26.4 Å². The van der Waals surface area contributed by atoms with Crippen molar-refractivity contribution in [2.45, 2.75) is 139 Å². The predicted octanol–water partition coefficient (Wildman–Crippen LogP) is -5.16. The number of rotatable bonds is 18. The van der Waals surface area contributed by atoms with Crippen molar-refractivity contribution < 1.29 is 73.6 Å². The Morgan fingerprint density at radius 3 is 1.98 bits per heavy atom. The Bertz CT molecular complexity index is 1200. The van der Waals surface area contributed by atoms with Crippen LogP contribution in [0.15, 0.2) is 0 Å². The van der Waals surface area contributed by atoms with E-state index in [1.54, 1.807) is 0 Å². The van der Waals surface area contributed by atoms with Crippen molar-refractivity contribution in [3.8, 4) is 0 Å². The highest BCUT2D eigenvalue weighted by molar-refractivity contribution is 5.92. The molecule has 12 N–H and O–H groups in total. The summed E-state index contributed by atoms with van der Waals surface area (Å²) in [6, 6.07) is -4.40. The molecule has 0 aromatic carbocycles. The average molecular weight is 738 g/mol. The lowest BCUT2D eigenvalue weighted by molar-refractivity contribution is -0.269. The summed E-state index contributed by atoms with van der Waals surface area (Å²) >= 11 is 0.